The molecule has 0 aliphatic heterocycles. The number of rotatable bonds is 4. The van der Waals surface area contributed by atoms with E-state index in [1.54, 1.807) is 10.9 Å². The van der Waals surface area contributed by atoms with E-state index in [9.17, 15) is 0 Å². The van der Waals surface area contributed by atoms with E-state index in [-0.39, 0.29) is 6.04 Å². The fourth-order valence-corrected chi connectivity index (χ4v) is 2.35. The Balaban J connectivity index is 1.84. The third-order valence-electron chi connectivity index (χ3n) is 3.53. The van der Waals surface area contributed by atoms with Crippen LogP contribution in [0.15, 0.2) is 60.8 Å². The number of aromatic nitrogens is 3. The highest BCUT2D eigenvalue weighted by Crippen LogP contribution is 2.18. The molecule has 106 valence electrons. The Bertz CT molecular complexity index is 701. The van der Waals surface area contributed by atoms with Gasteiger partial charge in [0.2, 0.25) is 0 Å². The SMILES string of the molecule is Cc1ccc(CC(N)c2cnnn2-c2ccccc2)cc1. The van der Waals surface area contributed by atoms with Crippen molar-refractivity contribution >= 4 is 0 Å². The van der Waals surface area contributed by atoms with Gasteiger partial charge in [0.25, 0.3) is 0 Å². The van der Waals surface area contributed by atoms with Crippen molar-refractivity contribution in [3.8, 4) is 5.69 Å². The lowest BCUT2D eigenvalue weighted by Crippen LogP contribution is -2.17. The lowest BCUT2D eigenvalue weighted by atomic mass is 10.0. The van der Waals surface area contributed by atoms with Crippen molar-refractivity contribution in [2.45, 2.75) is 19.4 Å². The molecule has 3 aromatic rings. The zero-order valence-corrected chi connectivity index (χ0v) is 12.0. The number of hydrogen-bond acceptors (Lipinski definition) is 3. The van der Waals surface area contributed by atoms with Crippen molar-refractivity contribution in [2.75, 3.05) is 0 Å². The second-order valence-corrected chi connectivity index (χ2v) is 5.20. The molecule has 1 aromatic heterocycles. The zero-order chi connectivity index (χ0) is 14.7. The van der Waals surface area contributed by atoms with Crippen LogP contribution in [0.25, 0.3) is 5.69 Å². The van der Waals surface area contributed by atoms with Crippen molar-refractivity contribution in [1.29, 1.82) is 0 Å². The molecule has 3 rings (SSSR count). The van der Waals surface area contributed by atoms with Gasteiger partial charge >= 0.3 is 0 Å². The van der Waals surface area contributed by atoms with Crippen LogP contribution in [0.4, 0.5) is 0 Å². The predicted octanol–water partition coefficient (Wildman–Crippen LogP) is 2.82. The summed E-state index contributed by atoms with van der Waals surface area (Å²) in [5.41, 5.74) is 10.7. The Labute approximate surface area is 124 Å². The topological polar surface area (TPSA) is 56.7 Å². The van der Waals surface area contributed by atoms with Gasteiger partial charge in [-0.3, -0.25) is 0 Å². The Morgan fingerprint density at radius 1 is 1.05 bits per heavy atom. The molecule has 1 heterocycles. The van der Waals surface area contributed by atoms with Crippen LogP contribution in [-0.4, -0.2) is 15.0 Å². The van der Waals surface area contributed by atoms with Crippen LogP contribution in [0.2, 0.25) is 0 Å². The molecule has 0 saturated heterocycles. The van der Waals surface area contributed by atoms with Crippen LogP contribution in [-0.2, 0) is 6.42 Å². The first-order chi connectivity index (χ1) is 10.2. The van der Waals surface area contributed by atoms with Gasteiger partial charge < -0.3 is 5.73 Å². The minimum atomic E-state index is -0.136. The van der Waals surface area contributed by atoms with Gasteiger partial charge in [-0.2, -0.15) is 0 Å². The minimum absolute atomic E-state index is 0.136. The smallest absolute Gasteiger partial charge is 0.0816 e. The van der Waals surface area contributed by atoms with E-state index >= 15 is 0 Å². The third-order valence-corrected chi connectivity index (χ3v) is 3.53. The third kappa shape index (κ3) is 3.01. The van der Waals surface area contributed by atoms with Crippen LogP contribution >= 0.6 is 0 Å². The molecule has 0 aliphatic rings. The Hall–Kier alpha value is -2.46. The van der Waals surface area contributed by atoms with Crippen LogP contribution in [0.5, 0.6) is 0 Å². The molecule has 21 heavy (non-hydrogen) atoms. The summed E-state index contributed by atoms with van der Waals surface area (Å²) < 4.78 is 1.80. The highest BCUT2D eigenvalue weighted by atomic mass is 15.4. The van der Waals surface area contributed by atoms with E-state index < -0.39 is 0 Å². The number of nitrogens with two attached hydrogens (primary N) is 1. The predicted molar refractivity (Wildman–Crippen MR) is 83.2 cm³/mol. The molecule has 0 radical (unpaired) electrons. The fourth-order valence-electron chi connectivity index (χ4n) is 2.35. The van der Waals surface area contributed by atoms with Gasteiger partial charge in [0.1, 0.15) is 0 Å². The van der Waals surface area contributed by atoms with E-state index in [0.29, 0.717) is 0 Å². The minimum Gasteiger partial charge on any atom is -0.322 e. The molecular formula is C17H18N4. The summed E-state index contributed by atoms with van der Waals surface area (Å²) in [6.07, 6.45) is 2.51. The number of hydrogen-bond donors (Lipinski definition) is 1. The summed E-state index contributed by atoms with van der Waals surface area (Å²) in [4.78, 5) is 0. The Morgan fingerprint density at radius 2 is 1.76 bits per heavy atom. The normalized spacial score (nSPS) is 12.3. The lowest BCUT2D eigenvalue weighted by molar-refractivity contribution is 0.649. The maximum Gasteiger partial charge on any atom is 0.0816 e. The van der Waals surface area contributed by atoms with Crippen molar-refractivity contribution in [3.63, 3.8) is 0 Å². The van der Waals surface area contributed by atoms with Gasteiger partial charge in [-0.1, -0.05) is 53.2 Å². The van der Waals surface area contributed by atoms with Crippen LogP contribution < -0.4 is 5.73 Å². The molecule has 0 fully saturated rings. The van der Waals surface area contributed by atoms with E-state index in [0.717, 1.165) is 17.8 Å². The number of para-hydroxylation sites is 1. The lowest BCUT2D eigenvalue weighted by Gasteiger charge is -2.13. The second kappa shape index (κ2) is 5.89. The summed E-state index contributed by atoms with van der Waals surface area (Å²) in [5, 5.41) is 8.16. The summed E-state index contributed by atoms with van der Waals surface area (Å²) in [6.45, 7) is 2.08. The quantitative estimate of drug-likeness (QED) is 0.798. The number of benzene rings is 2. The Kier molecular flexibility index (Phi) is 3.79. The van der Waals surface area contributed by atoms with Gasteiger partial charge in [0.15, 0.2) is 0 Å². The van der Waals surface area contributed by atoms with E-state index in [1.807, 2.05) is 30.3 Å². The molecule has 0 spiro atoms. The van der Waals surface area contributed by atoms with Crippen LogP contribution in [0.1, 0.15) is 22.9 Å². The van der Waals surface area contributed by atoms with Crippen molar-refractivity contribution < 1.29 is 0 Å². The van der Waals surface area contributed by atoms with Gasteiger partial charge in [0, 0.05) is 0 Å². The monoisotopic (exact) mass is 278 g/mol. The van der Waals surface area contributed by atoms with Crippen molar-refractivity contribution in [3.05, 3.63) is 77.6 Å². The average Bonchev–Trinajstić information content (AvgIpc) is 3.00. The highest BCUT2D eigenvalue weighted by Gasteiger charge is 2.14. The first kappa shape index (κ1) is 13.5. The van der Waals surface area contributed by atoms with E-state index in [1.165, 1.54) is 11.1 Å². The molecule has 1 unspecified atom stereocenters. The van der Waals surface area contributed by atoms with Crippen LogP contribution in [0.3, 0.4) is 0 Å². The highest BCUT2D eigenvalue weighted by molar-refractivity contribution is 5.32. The van der Waals surface area contributed by atoms with Crippen LogP contribution in [0, 0.1) is 6.92 Å². The van der Waals surface area contributed by atoms with Crippen molar-refractivity contribution in [2.24, 2.45) is 5.73 Å². The van der Waals surface area contributed by atoms with Gasteiger partial charge in [0.05, 0.1) is 23.6 Å². The largest absolute Gasteiger partial charge is 0.322 e. The van der Waals surface area contributed by atoms with E-state index in [4.69, 9.17) is 5.73 Å². The summed E-state index contributed by atoms with van der Waals surface area (Å²) in [6, 6.07) is 18.2. The molecule has 0 aliphatic carbocycles. The maximum absolute atomic E-state index is 6.35. The summed E-state index contributed by atoms with van der Waals surface area (Å²) >= 11 is 0. The van der Waals surface area contributed by atoms with Crippen molar-refractivity contribution in [1.82, 2.24) is 15.0 Å². The Morgan fingerprint density at radius 3 is 2.48 bits per heavy atom. The summed E-state index contributed by atoms with van der Waals surface area (Å²) in [7, 11) is 0. The molecule has 0 saturated carbocycles. The molecule has 4 heteroatoms. The fraction of sp³-hybridized carbons (Fsp3) is 0.176. The first-order valence-electron chi connectivity index (χ1n) is 7.01. The van der Waals surface area contributed by atoms with Gasteiger partial charge in [-0.25, -0.2) is 4.68 Å². The number of aryl methyl sites for hydroxylation is 1. The maximum atomic E-state index is 6.35. The van der Waals surface area contributed by atoms with E-state index in [2.05, 4.69) is 41.5 Å². The molecule has 0 amide bonds. The molecule has 2 N–H and O–H groups in total. The molecule has 2 aromatic carbocycles. The first-order valence-corrected chi connectivity index (χ1v) is 7.01. The average molecular weight is 278 g/mol. The molecule has 4 nitrogen and oxygen atoms in total. The van der Waals surface area contributed by atoms with Gasteiger partial charge in [-0.15, -0.1) is 5.10 Å². The second-order valence-electron chi connectivity index (χ2n) is 5.20. The summed E-state index contributed by atoms with van der Waals surface area (Å²) in [5.74, 6) is 0. The zero-order valence-electron chi connectivity index (χ0n) is 12.0. The molecule has 0 bridgehead atoms. The number of nitrogens with zero attached hydrogens (tertiary/aromatic N) is 3. The van der Waals surface area contributed by atoms with Gasteiger partial charge in [-0.05, 0) is 31.0 Å². The molecular weight excluding hydrogens is 260 g/mol. The molecule has 1 atom stereocenters. The standard InChI is InChI=1S/C17H18N4/c1-13-7-9-14(10-8-13)11-16(18)17-12-19-20-21(17)15-5-3-2-4-6-15/h2-10,12,16H,11,18H2,1H3.